The lowest BCUT2D eigenvalue weighted by Gasteiger charge is -2.13. The number of nitrogen functional groups attached to an aromatic ring is 1. The third-order valence-corrected chi connectivity index (χ3v) is 4.50. The van der Waals surface area contributed by atoms with Crippen molar-refractivity contribution < 1.29 is 0 Å². The normalized spacial score (nSPS) is 11.5. The molecule has 0 radical (unpaired) electrons. The first-order chi connectivity index (χ1) is 11.5. The summed E-state index contributed by atoms with van der Waals surface area (Å²) in [5, 5.41) is 0. The topological polar surface area (TPSA) is 47.1 Å². The van der Waals surface area contributed by atoms with Crippen molar-refractivity contribution in [3.05, 3.63) is 47.5 Å². The number of imidazole rings is 1. The zero-order valence-corrected chi connectivity index (χ0v) is 15.0. The molecule has 0 aliphatic rings. The van der Waals surface area contributed by atoms with E-state index >= 15 is 0 Å². The molecule has 0 spiro atoms. The van der Waals surface area contributed by atoms with Gasteiger partial charge in [-0.3, -0.25) is 0 Å². The minimum atomic E-state index is 0.770. The molecule has 0 amide bonds. The Kier molecular flexibility index (Phi) is 4.58. The van der Waals surface area contributed by atoms with Gasteiger partial charge in [0.2, 0.25) is 0 Å². The van der Waals surface area contributed by atoms with E-state index in [0.29, 0.717) is 0 Å². The molecule has 24 heavy (non-hydrogen) atoms. The second-order valence-electron chi connectivity index (χ2n) is 6.79. The van der Waals surface area contributed by atoms with Crippen molar-refractivity contribution in [1.29, 1.82) is 0 Å². The Hall–Kier alpha value is -2.33. The van der Waals surface area contributed by atoms with Gasteiger partial charge in [-0.05, 0) is 76.3 Å². The SMILES string of the molecule is Cc1cc2nc(-c3cccc(N)c3)n(CCCN(C)C)c2cc1C. The Bertz CT molecular complexity index is 861. The quantitative estimate of drug-likeness (QED) is 0.726. The summed E-state index contributed by atoms with van der Waals surface area (Å²) in [5.74, 6) is 1.00. The summed E-state index contributed by atoms with van der Waals surface area (Å²) in [6.45, 7) is 6.30. The van der Waals surface area contributed by atoms with Crippen molar-refractivity contribution in [1.82, 2.24) is 14.5 Å². The Balaban J connectivity index is 2.12. The summed E-state index contributed by atoms with van der Waals surface area (Å²) in [6.07, 6.45) is 1.08. The number of anilines is 1. The lowest BCUT2D eigenvalue weighted by Crippen LogP contribution is -2.15. The molecule has 2 N–H and O–H groups in total. The molecule has 0 saturated carbocycles. The van der Waals surface area contributed by atoms with Crippen LogP contribution in [0.2, 0.25) is 0 Å². The van der Waals surface area contributed by atoms with Gasteiger partial charge in [0.25, 0.3) is 0 Å². The van der Waals surface area contributed by atoms with Crippen molar-refractivity contribution in [2.75, 3.05) is 26.4 Å². The standard InChI is InChI=1S/C20H26N4/c1-14-11-18-19(12-15(14)2)24(10-6-9-23(3)4)20(22-18)16-7-5-8-17(21)13-16/h5,7-8,11-13H,6,9-10,21H2,1-4H3. The minimum absolute atomic E-state index is 0.770. The number of benzene rings is 2. The molecule has 1 heterocycles. The number of aryl methyl sites for hydroxylation is 3. The molecule has 3 aromatic rings. The van der Waals surface area contributed by atoms with E-state index < -0.39 is 0 Å². The number of nitrogens with two attached hydrogens (primary N) is 1. The maximum atomic E-state index is 5.98. The van der Waals surface area contributed by atoms with Gasteiger partial charge >= 0.3 is 0 Å². The first kappa shape index (κ1) is 16.5. The predicted octanol–water partition coefficient (Wildman–Crippen LogP) is 3.85. The highest BCUT2D eigenvalue weighted by molar-refractivity contribution is 5.82. The van der Waals surface area contributed by atoms with Crippen LogP contribution in [0.15, 0.2) is 36.4 Å². The third kappa shape index (κ3) is 3.29. The molecule has 0 bridgehead atoms. The Morgan fingerprint density at radius 1 is 1.08 bits per heavy atom. The molecule has 2 aromatic carbocycles. The number of nitrogens with zero attached hydrogens (tertiary/aromatic N) is 3. The van der Waals surface area contributed by atoms with Crippen molar-refractivity contribution in [2.45, 2.75) is 26.8 Å². The van der Waals surface area contributed by atoms with Crippen LogP contribution in [0, 0.1) is 13.8 Å². The maximum Gasteiger partial charge on any atom is 0.141 e. The Morgan fingerprint density at radius 3 is 2.54 bits per heavy atom. The van der Waals surface area contributed by atoms with E-state index in [9.17, 15) is 0 Å². The largest absolute Gasteiger partial charge is 0.399 e. The first-order valence-electron chi connectivity index (χ1n) is 8.44. The number of aromatic nitrogens is 2. The van der Waals surface area contributed by atoms with Gasteiger partial charge < -0.3 is 15.2 Å². The zero-order valence-electron chi connectivity index (χ0n) is 15.0. The van der Waals surface area contributed by atoms with Crippen LogP contribution in [-0.2, 0) is 6.54 Å². The van der Waals surface area contributed by atoms with Gasteiger partial charge in [-0.2, -0.15) is 0 Å². The number of rotatable bonds is 5. The molecule has 0 aliphatic heterocycles. The fourth-order valence-corrected chi connectivity index (χ4v) is 3.05. The van der Waals surface area contributed by atoms with Gasteiger partial charge in [-0.25, -0.2) is 4.98 Å². The summed E-state index contributed by atoms with van der Waals surface area (Å²) in [5.41, 5.74) is 12.7. The second kappa shape index (κ2) is 6.65. The molecule has 0 saturated heterocycles. The molecular weight excluding hydrogens is 296 g/mol. The van der Waals surface area contributed by atoms with Crippen molar-refractivity contribution in [2.24, 2.45) is 0 Å². The van der Waals surface area contributed by atoms with Crippen LogP contribution in [0.1, 0.15) is 17.5 Å². The third-order valence-electron chi connectivity index (χ3n) is 4.50. The van der Waals surface area contributed by atoms with E-state index in [0.717, 1.165) is 42.1 Å². The van der Waals surface area contributed by atoms with Crippen LogP contribution in [0.25, 0.3) is 22.4 Å². The maximum absolute atomic E-state index is 5.98. The highest BCUT2D eigenvalue weighted by Crippen LogP contribution is 2.28. The zero-order chi connectivity index (χ0) is 17.3. The van der Waals surface area contributed by atoms with Gasteiger partial charge in [0.1, 0.15) is 5.82 Å². The molecule has 4 heteroatoms. The van der Waals surface area contributed by atoms with E-state index in [1.165, 1.54) is 16.6 Å². The van der Waals surface area contributed by atoms with Gasteiger partial charge in [0.05, 0.1) is 11.0 Å². The van der Waals surface area contributed by atoms with Gasteiger partial charge in [-0.1, -0.05) is 12.1 Å². The fraction of sp³-hybridized carbons (Fsp3) is 0.350. The summed E-state index contributed by atoms with van der Waals surface area (Å²) >= 11 is 0. The number of fused-ring (bicyclic) bond motifs is 1. The molecule has 0 fully saturated rings. The van der Waals surface area contributed by atoms with Crippen molar-refractivity contribution in [3.8, 4) is 11.4 Å². The highest BCUT2D eigenvalue weighted by Gasteiger charge is 2.14. The van der Waals surface area contributed by atoms with E-state index in [2.05, 4.69) is 55.6 Å². The Morgan fingerprint density at radius 2 is 1.83 bits per heavy atom. The van der Waals surface area contributed by atoms with Crippen LogP contribution in [-0.4, -0.2) is 35.1 Å². The number of hydrogen-bond acceptors (Lipinski definition) is 3. The van der Waals surface area contributed by atoms with E-state index in [1.807, 2.05) is 18.2 Å². The number of hydrogen-bond donors (Lipinski definition) is 1. The highest BCUT2D eigenvalue weighted by atomic mass is 15.1. The summed E-state index contributed by atoms with van der Waals surface area (Å²) in [6, 6.07) is 12.4. The molecule has 4 nitrogen and oxygen atoms in total. The summed E-state index contributed by atoms with van der Waals surface area (Å²) in [4.78, 5) is 7.13. The molecule has 3 rings (SSSR count). The van der Waals surface area contributed by atoms with Crippen LogP contribution >= 0.6 is 0 Å². The molecule has 1 aromatic heterocycles. The van der Waals surface area contributed by atoms with Crippen LogP contribution in [0.5, 0.6) is 0 Å². The summed E-state index contributed by atoms with van der Waals surface area (Å²) in [7, 11) is 4.22. The van der Waals surface area contributed by atoms with Crippen LogP contribution in [0.3, 0.4) is 0 Å². The lowest BCUT2D eigenvalue weighted by atomic mass is 10.1. The van der Waals surface area contributed by atoms with E-state index in [-0.39, 0.29) is 0 Å². The van der Waals surface area contributed by atoms with E-state index in [4.69, 9.17) is 10.7 Å². The predicted molar refractivity (Wildman–Crippen MR) is 102 cm³/mol. The molecule has 126 valence electrons. The van der Waals surface area contributed by atoms with Gasteiger partial charge in [-0.15, -0.1) is 0 Å². The monoisotopic (exact) mass is 322 g/mol. The van der Waals surface area contributed by atoms with Crippen LogP contribution in [0.4, 0.5) is 5.69 Å². The summed E-state index contributed by atoms with van der Waals surface area (Å²) < 4.78 is 2.33. The van der Waals surface area contributed by atoms with Crippen LogP contribution < -0.4 is 5.73 Å². The fourth-order valence-electron chi connectivity index (χ4n) is 3.05. The molecule has 0 atom stereocenters. The van der Waals surface area contributed by atoms with Gasteiger partial charge in [0.15, 0.2) is 0 Å². The Labute approximate surface area is 143 Å². The van der Waals surface area contributed by atoms with E-state index in [1.54, 1.807) is 0 Å². The molecule has 0 unspecified atom stereocenters. The first-order valence-corrected chi connectivity index (χ1v) is 8.44. The smallest absolute Gasteiger partial charge is 0.141 e. The van der Waals surface area contributed by atoms with Crippen molar-refractivity contribution in [3.63, 3.8) is 0 Å². The van der Waals surface area contributed by atoms with Crippen molar-refractivity contribution >= 4 is 16.7 Å². The molecular formula is C20H26N4. The second-order valence-corrected chi connectivity index (χ2v) is 6.79. The minimum Gasteiger partial charge on any atom is -0.399 e. The average molecular weight is 322 g/mol. The van der Waals surface area contributed by atoms with Gasteiger partial charge in [0, 0.05) is 17.8 Å². The average Bonchev–Trinajstić information content (AvgIpc) is 2.85. The lowest BCUT2D eigenvalue weighted by molar-refractivity contribution is 0.388. The molecule has 0 aliphatic carbocycles.